The molecule has 0 aliphatic heterocycles. The quantitative estimate of drug-likeness (QED) is 0.485. The number of hydrogen-bond donors (Lipinski definition) is 0. The Balaban J connectivity index is 4.05. The van der Waals surface area contributed by atoms with Gasteiger partial charge >= 0.3 is 5.97 Å². The van der Waals surface area contributed by atoms with Gasteiger partial charge in [0, 0.05) is 6.08 Å². The average Bonchev–Trinajstić information content (AvgIpc) is 2.05. The van der Waals surface area contributed by atoms with E-state index in [9.17, 15) is 4.79 Å². The highest BCUT2D eigenvalue weighted by Crippen LogP contribution is 2.15. The second kappa shape index (κ2) is 6.70. The molecule has 0 aromatic heterocycles. The maximum Gasteiger partial charge on any atom is 0.330 e. The van der Waals surface area contributed by atoms with Crippen LogP contribution in [0.2, 0.25) is 0 Å². The third-order valence-electron chi connectivity index (χ3n) is 2.13. The van der Waals surface area contributed by atoms with Gasteiger partial charge in [-0.05, 0) is 26.2 Å². The summed E-state index contributed by atoms with van der Waals surface area (Å²) >= 11 is 0. The van der Waals surface area contributed by atoms with E-state index in [1.165, 1.54) is 0 Å². The summed E-state index contributed by atoms with van der Waals surface area (Å²) in [5.41, 5.74) is 1.11. The van der Waals surface area contributed by atoms with E-state index in [-0.39, 0.29) is 5.97 Å². The first-order chi connectivity index (χ1) is 6.11. The predicted octanol–water partition coefficient (Wildman–Crippen LogP) is 2.93. The highest BCUT2D eigenvalue weighted by molar-refractivity contribution is 5.82. The van der Waals surface area contributed by atoms with Crippen LogP contribution in [0.15, 0.2) is 11.6 Å². The van der Waals surface area contributed by atoms with Crippen molar-refractivity contribution in [2.75, 3.05) is 6.61 Å². The van der Waals surface area contributed by atoms with E-state index in [1.807, 2.05) is 13.8 Å². The molecule has 0 aromatic rings. The minimum absolute atomic E-state index is 0.219. The van der Waals surface area contributed by atoms with Gasteiger partial charge in [0.15, 0.2) is 0 Å². The van der Waals surface area contributed by atoms with Crippen molar-refractivity contribution in [1.29, 1.82) is 0 Å². The lowest BCUT2D eigenvalue weighted by Crippen LogP contribution is -2.03. The van der Waals surface area contributed by atoms with Gasteiger partial charge in [0.05, 0.1) is 6.61 Å². The smallest absolute Gasteiger partial charge is 0.330 e. The number of ether oxygens (including phenoxy) is 1. The molecule has 1 unspecified atom stereocenters. The zero-order valence-electron chi connectivity index (χ0n) is 9.09. The Bertz CT molecular complexity index is 183. The van der Waals surface area contributed by atoms with Gasteiger partial charge in [-0.15, -0.1) is 0 Å². The number of carbonyl (C=O) groups excluding carboxylic acids is 1. The predicted molar refractivity (Wildman–Crippen MR) is 54.5 cm³/mol. The second-order valence-corrected chi connectivity index (χ2v) is 3.33. The molecule has 0 saturated carbocycles. The first-order valence-corrected chi connectivity index (χ1v) is 4.96. The summed E-state index contributed by atoms with van der Waals surface area (Å²) < 4.78 is 4.83. The number of esters is 1. The van der Waals surface area contributed by atoms with Crippen molar-refractivity contribution < 1.29 is 9.53 Å². The Hall–Kier alpha value is -0.790. The van der Waals surface area contributed by atoms with E-state index in [1.54, 1.807) is 6.08 Å². The van der Waals surface area contributed by atoms with Crippen LogP contribution in [0.1, 0.15) is 40.5 Å². The van der Waals surface area contributed by atoms with Crippen LogP contribution in [0, 0.1) is 5.92 Å². The average molecular weight is 184 g/mol. The Morgan fingerprint density at radius 1 is 1.46 bits per heavy atom. The van der Waals surface area contributed by atoms with E-state index in [4.69, 9.17) is 4.74 Å². The molecule has 0 saturated heterocycles. The van der Waals surface area contributed by atoms with Gasteiger partial charge < -0.3 is 4.74 Å². The molecule has 0 rings (SSSR count). The fourth-order valence-corrected chi connectivity index (χ4v) is 1.17. The van der Waals surface area contributed by atoms with Gasteiger partial charge in [0.2, 0.25) is 0 Å². The Labute approximate surface area is 81.0 Å². The van der Waals surface area contributed by atoms with Crippen molar-refractivity contribution in [3.8, 4) is 0 Å². The summed E-state index contributed by atoms with van der Waals surface area (Å²) in [5, 5.41) is 0. The van der Waals surface area contributed by atoms with E-state index in [0.29, 0.717) is 12.5 Å². The second-order valence-electron chi connectivity index (χ2n) is 3.33. The maximum atomic E-state index is 11.1. The summed E-state index contributed by atoms with van der Waals surface area (Å²) in [6, 6.07) is 0. The third kappa shape index (κ3) is 5.45. The highest BCUT2D eigenvalue weighted by atomic mass is 16.5. The van der Waals surface area contributed by atoms with Crippen molar-refractivity contribution in [3.63, 3.8) is 0 Å². The summed E-state index contributed by atoms with van der Waals surface area (Å²) in [5.74, 6) is 0.261. The monoisotopic (exact) mass is 184 g/mol. The molecule has 0 heterocycles. The lowest BCUT2D eigenvalue weighted by molar-refractivity contribution is -0.137. The van der Waals surface area contributed by atoms with Crippen LogP contribution in [0.5, 0.6) is 0 Å². The summed E-state index contributed by atoms with van der Waals surface area (Å²) in [6.45, 7) is 8.53. The molecule has 13 heavy (non-hydrogen) atoms. The zero-order valence-corrected chi connectivity index (χ0v) is 9.09. The van der Waals surface area contributed by atoms with Crippen LogP contribution >= 0.6 is 0 Å². The third-order valence-corrected chi connectivity index (χ3v) is 2.13. The fraction of sp³-hybridized carbons (Fsp3) is 0.727. The number of allylic oxidation sites excluding steroid dienone is 1. The molecule has 0 amide bonds. The molecule has 0 spiro atoms. The Morgan fingerprint density at radius 3 is 2.54 bits per heavy atom. The van der Waals surface area contributed by atoms with Gasteiger partial charge in [-0.1, -0.05) is 25.8 Å². The molecule has 0 radical (unpaired) electrons. The molecular weight excluding hydrogens is 164 g/mol. The molecule has 0 bridgehead atoms. The first-order valence-electron chi connectivity index (χ1n) is 4.96. The lowest BCUT2D eigenvalue weighted by Gasteiger charge is -2.09. The van der Waals surface area contributed by atoms with Gasteiger partial charge in [0.25, 0.3) is 0 Å². The van der Waals surface area contributed by atoms with E-state index in [2.05, 4.69) is 13.8 Å². The first kappa shape index (κ1) is 12.2. The summed E-state index contributed by atoms with van der Waals surface area (Å²) in [7, 11) is 0. The van der Waals surface area contributed by atoms with Crippen LogP contribution < -0.4 is 0 Å². The van der Waals surface area contributed by atoms with Crippen molar-refractivity contribution in [3.05, 3.63) is 11.6 Å². The Morgan fingerprint density at radius 2 is 2.08 bits per heavy atom. The molecule has 0 N–H and O–H groups in total. The molecule has 2 nitrogen and oxygen atoms in total. The fourth-order valence-electron chi connectivity index (χ4n) is 1.17. The van der Waals surface area contributed by atoms with Gasteiger partial charge in [0.1, 0.15) is 0 Å². The van der Waals surface area contributed by atoms with Crippen molar-refractivity contribution in [2.45, 2.75) is 40.5 Å². The van der Waals surface area contributed by atoms with Gasteiger partial charge in [-0.3, -0.25) is 0 Å². The number of hydrogen-bond acceptors (Lipinski definition) is 2. The minimum Gasteiger partial charge on any atom is -0.463 e. The van der Waals surface area contributed by atoms with Gasteiger partial charge in [-0.25, -0.2) is 4.79 Å². The maximum absolute atomic E-state index is 11.1. The number of carbonyl (C=O) groups is 1. The highest BCUT2D eigenvalue weighted by Gasteiger charge is 2.05. The van der Waals surface area contributed by atoms with Crippen molar-refractivity contribution in [1.82, 2.24) is 0 Å². The molecule has 0 aromatic carbocycles. The minimum atomic E-state index is -0.219. The zero-order chi connectivity index (χ0) is 10.3. The Kier molecular flexibility index (Phi) is 6.29. The van der Waals surface area contributed by atoms with Crippen LogP contribution in [0.4, 0.5) is 0 Å². The standard InChI is InChI=1S/C11H20O2/c1-5-7-9(3)10(4)8-11(12)13-6-2/h8-9H,5-7H2,1-4H3. The topological polar surface area (TPSA) is 26.3 Å². The van der Waals surface area contributed by atoms with Crippen LogP contribution in [-0.2, 0) is 9.53 Å². The largest absolute Gasteiger partial charge is 0.463 e. The number of rotatable bonds is 5. The molecule has 76 valence electrons. The van der Waals surface area contributed by atoms with Crippen molar-refractivity contribution in [2.24, 2.45) is 5.92 Å². The van der Waals surface area contributed by atoms with Crippen LogP contribution in [0.3, 0.4) is 0 Å². The van der Waals surface area contributed by atoms with E-state index < -0.39 is 0 Å². The van der Waals surface area contributed by atoms with Crippen LogP contribution in [-0.4, -0.2) is 12.6 Å². The van der Waals surface area contributed by atoms with Gasteiger partial charge in [-0.2, -0.15) is 0 Å². The van der Waals surface area contributed by atoms with Crippen molar-refractivity contribution >= 4 is 5.97 Å². The molecule has 0 aliphatic carbocycles. The summed E-state index contributed by atoms with van der Waals surface area (Å²) in [4.78, 5) is 11.1. The van der Waals surface area contributed by atoms with E-state index >= 15 is 0 Å². The molecule has 2 heteroatoms. The molecule has 0 aliphatic rings. The molecule has 1 atom stereocenters. The van der Waals surface area contributed by atoms with Crippen LogP contribution in [0.25, 0.3) is 0 Å². The molecular formula is C11H20O2. The SMILES string of the molecule is CCCC(C)C(C)=CC(=O)OCC. The normalized spacial score (nSPS) is 14.0. The van der Waals surface area contributed by atoms with E-state index in [0.717, 1.165) is 18.4 Å². The molecule has 0 fully saturated rings. The lowest BCUT2D eigenvalue weighted by atomic mass is 9.97. The summed E-state index contributed by atoms with van der Waals surface area (Å²) in [6.07, 6.45) is 3.88.